The molecule has 0 saturated carbocycles. The number of nitrogens with zero attached hydrogens (tertiary/aromatic N) is 3. The van der Waals surface area contributed by atoms with Crippen LogP contribution in [0.25, 0.3) is 0 Å². The Morgan fingerprint density at radius 3 is 2.74 bits per heavy atom. The number of hydrazone groups is 1. The molecule has 3 aromatic rings. The molecule has 5 rings (SSSR count). The Morgan fingerprint density at radius 1 is 1.09 bits per heavy atom. The molecule has 8 nitrogen and oxygen atoms in total. The molecular weight excluding hydrogens is 462 g/mol. The van der Waals surface area contributed by atoms with E-state index in [1.165, 1.54) is 0 Å². The third-order valence-electron chi connectivity index (χ3n) is 6.46. The van der Waals surface area contributed by atoms with Crippen molar-refractivity contribution in [2.45, 2.75) is 37.8 Å². The first-order valence-electron chi connectivity index (χ1n) is 12.0. The van der Waals surface area contributed by atoms with Gasteiger partial charge in [-0.25, -0.2) is 9.80 Å². The van der Waals surface area contributed by atoms with Crippen LogP contribution in [0.4, 0.5) is 10.5 Å². The lowest BCUT2D eigenvalue weighted by molar-refractivity contribution is -0.135. The predicted molar refractivity (Wildman–Crippen MR) is 136 cm³/mol. The number of thiophene rings is 1. The number of hydrogen-bond acceptors (Lipinski definition) is 6. The Balaban J connectivity index is 1.23. The summed E-state index contributed by atoms with van der Waals surface area (Å²) >= 11 is 1.63. The average Bonchev–Trinajstić information content (AvgIpc) is 3.65. The molecule has 0 bridgehead atoms. The fourth-order valence-electron chi connectivity index (χ4n) is 4.69. The molecule has 2 unspecified atom stereocenters. The van der Waals surface area contributed by atoms with E-state index in [1.807, 2.05) is 53.9 Å². The van der Waals surface area contributed by atoms with Crippen molar-refractivity contribution in [1.82, 2.24) is 15.2 Å². The molecule has 0 spiro atoms. The monoisotopic (exact) mass is 491 g/mol. The Bertz CT molecular complexity index is 1150. The fourth-order valence-corrected chi connectivity index (χ4v) is 5.50. The number of benzene rings is 1. The number of amides is 3. The summed E-state index contributed by atoms with van der Waals surface area (Å²) in [4.78, 5) is 29.2. The number of nitrogens with one attached hydrogen (secondary N) is 2. The molecule has 4 heterocycles. The number of rotatable bonds is 7. The predicted octanol–water partition coefficient (Wildman–Crippen LogP) is 4.70. The number of urea groups is 1. The summed E-state index contributed by atoms with van der Waals surface area (Å²) in [6.45, 7) is 1.58. The minimum atomic E-state index is -0.238. The molecule has 2 aromatic heterocycles. The van der Waals surface area contributed by atoms with E-state index in [0.717, 1.165) is 42.1 Å². The third kappa shape index (κ3) is 5.63. The maximum Gasteiger partial charge on any atom is 0.319 e. The first kappa shape index (κ1) is 23.3. The minimum Gasteiger partial charge on any atom is -0.463 e. The number of piperidine rings is 1. The molecule has 1 fully saturated rings. The van der Waals surface area contributed by atoms with Crippen LogP contribution in [0.3, 0.4) is 0 Å². The second kappa shape index (κ2) is 10.9. The lowest BCUT2D eigenvalue weighted by atomic mass is 10.0. The van der Waals surface area contributed by atoms with E-state index in [4.69, 9.17) is 4.42 Å². The number of likely N-dealkylation sites (tertiary alicyclic amines) is 1. The van der Waals surface area contributed by atoms with Crippen molar-refractivity contribution in [2.24, 2.45) is 5.10 Å². The number of hydrogen-bond donors (Lipinski definition) is 2. The highest BCUT2D eigenvalue weighted by Gasteiger charge is 2.36. The zero-order valence-electron chi connectivity index (χ0n) is 19.4. The van der Waals surface area contributed by atoms with E-state index in [1.54, 1.807) is 22.6 Å². The van der Waals surface area contributed by atoms with Crippen molar-refractivity contribution in [1.29, 1.82) is 0 Å². The molecular formula is C26H29N5O3S. The van der Waals surface area contributed by atoms with Crippen molar-refractivity contribution in [3.63, 3.8) is 0 Å². The van der Waals surface area contributed by atoms with Crippen LogP contribution < -0.4 is 10.6 Å². The van der Waals surface area contributed by atoms with E-state index >= 15 is 0 Å². The van der Waals surface area contributed by atoms with Gasteiger partial charge in [-0.05, 0) is 55.1 Å². The van der Waals surface area contributed by atoms with Gasteiger partial charge in [-0.15, -0.1) is 11.3 Å². The summed E-state index contributed by atoms with van der Waals surface area (Å²) in [5.74, 6) is 0.664. The summed E-state index contributed by atoms with van der Waals surface area (Å²) in [5.41, 5.74) is 1.54. The zero-order chi connectivity index (χ0) is 24.0. The number of para-hydroxylation sites is 1. The summed E-state index contributed by atoms with van der Waals surface area (Å²) in [6.07, 6.45) is 5.31. The van der Waals surface area contributed by atoms with Crippen LogP contribution in [0, 0.1) is 0 Å². The molecule has 1 aromatic carbocycles. The van der Waals surface area contributed by atoms with Crippen LogP contribution >= 0.6 is 11.3 Å². The highest BCUT2D eigenvalue weighted by Crippen LogP contribution is 2.35. The van der Waals surface area contributed by atoms with E-state index in [0.29, 0.717) is 18.7 Å². The van der Waals surface area contributed by atoms with Crippen molar-refractivity contribution >= 4 is 34.7 Å². The summed E-state index contributed by atoms with van der Waals surface area (Å²) in [7, 11) is 0. The van der Waals surface area contributed by atoms with Gasteiger partial charge in [-0.2, -0.15) is 5.10 Å². The second-order valence-electron chi connectivity index (χ2n) is 8.82. The Labute approximate surface area is 208 Å². The van der Waals surface area contributed by atoms with Crippen LogP contribution in [-0.2, 0) is 4.79 Å². The molecule has 2 aliphatic rings. The summed E-state index contributed by atoms with van der Waals surface area (Å²) in [6, 6.07) is 16.9. The lowest BCUT2D eigenvalue weighted by Crippen LogP contribution is -2.50. The third-order valence-corrected chi connectivity index (χ3v) is 7.43. The van der Waals surface area contributed by atoms with E-state index < -0.39 is 0 Å². The molecule has 2 aliphatic heterocycles. The van der Waals surface area contributed by atoms with Crippen molar-refractivity contribution < 1.29 is 14.0 Å². The van der Waals surface area contributed by atoms with Crippen LogP contribution in [0.2, 0.25) is 0 Å². The first-order chi connectivity index (χ1) is 17.2. The Kier molecular flexibility index (Phi) is 7.25. The van der Waals surface area contributed by atoms with Gasteiger partial charge < -0.3 is 15.1 Å². The van der Waals surface area contributed by atoms with Crippen molar-refractivity contribution in [3.8, 4) is 0 Å². The molecule has 3 amide bonds. The topological polar surface area (TPSA) is 90.2 Å². The number of carbonyl (C=O) groups excluding carboxylic acids is 2. The second-order valence-corrected chi connectivity index (χ2v) is 9.80. The van der Waals surface area contributed by atoms with Crippen LogP contribution in [0.15, 0.2) is 75.8 Å². The molecule has 0 radical (unpaired) electrons. The molecule has 9 heteroatoms. The van der Waals surface area contributed by atoms with Gasteiger partial charge in [-0.1, -0.05) is 30.7 Å². The van der Waals surface area contributed by atoms with Crippen LogP contribution in [0.1, 0.15) is 42.4 Å². The Hall–Kier alpha value is -3.43. The van der Waals surface area contributed by atoms with Gasteiger partial charge in [0.05, 0.1) is 18.8 Å². The van der Waals surface area contributed by atoms with Gasteiger partial charge in [-0.3, -0.25) is 9.69 Å². The summed E-state index contributed by atoms with van der Waals surface area (Å²) in [5, 5.41) is 14.2. The van der Waals surface area contributed by atoms with Crippen molar-refractivity contribution in [3.05, 3.63) is 76.9 Å². The minimum absolute atomic E-state index is 0.0365. The first-order valence-corrected chi connectivity index (χ1v) is 12.9. The molecule has 2 N–H and O–H groups in total. The Morgan fingerprint density at radius 2 is 1.97 bits per heavy atom. The van der Waals surface area contributed by atoms with E-state index in [9.17, 15) is 9.59 Å². The molecule has 1 saturated heterocycles. The SMILES string of the molecule is O=C(NCC1CCCCN1CC(=O)N1N=C(c2ccco2)CC1c1cccs1)Nc1ccccc1. The van der Waals surface area contributed by atoms with E-state index in [2.05, 4.69) is 26.7 Å². The van der Waals surface area contributed by atoms with Crippen LogP contribution in [-0.4, -0.2) is 53.2 Å². The van der Waals surface area contributed by atoms with Crippen LogP contribution in [0.5, 0.6) is 0 Å². The van der Waals surface area contributed by atoms with E-state index in [-0.39, 0.29) is 30.6 Å². The van der Waals surface area contributed by atoms with Gasteiger partial charge in [0.1, 0.15) is 11.5 Å². The maximum absolute atomic E-state index is 13.5. The largest absolute Gasteiger partial charge is 0.463 e. The molecule has 182 valence electrons. The maximum atomic E-state index is 13.5. The van der Waals surface area contributed by atoms with Gasteiger partial charge in [0.25, 0.3) is 5.91 Å². The highest BCUT2D eigenvalue weighted by molar-refractivity contribution is 7.10. The number of carbonyl (C=O) groups is 2. The number of anilines is 1. The standard InChI is InChI=1S/C26H29N5O3S/c32-25(31-22(24-12-7-15-35-24)16-21(29-31)23-11-6-14-34-23)18-30-13-5-4-10-20(30)17-27-26(33)28-19-8-2-1-3-9-19/h1-3,6-9,11-12,14-15,20,22H,4-5,10,13,16-18H2,(H2,27,28,33). The quantitative estimate of drug-likeness (QED) is 0.502. The highest BCUT2D eigenvalue weighted by atomic mass is 32.1. The van der Waals surface area contributed by atoms with Gasteiger partial charge >= 0.3 is 6.03 Å². The number of furan rings is 1. The van der Waals surface area contributed by atoms with Gasteiger partial charge in [0.2, 0.25) is 0 Å². The molecule has 0 aliphatic carbocycles. The fraction of sp³-hybridized carbons (Fsp3) is 0.346. The summed E-state index contributed by atoms with van der Waals surface area (Å²) < 4.78 is 5.55. The van der Waals surface area contributed by atoms with Gasteiger partial charge in [0.15, 0.2) is 0 Å². The molecule has 35 heavy (non-hydrogen) atoms. The lowest BCUT2D eigenvalue weighted by Gasteiger charge is -2.36. The zero-order valence-corrected chi connectivity index (χ0v) is 20.2. The molecule has 2 atom stereocenters. The smallest absolute Gasteiger partial charge is 0.319 e. The average molecular weight is 492 g/mol. The van der Waals surface area contributed by atoms with Gasteiger partial charge in [0, 0.05) is 29.6 Å². The van der Waals surface area contributed by atoms with Crippen molar-refractivity contribution in [2.75, 3.05) is 25.0 Å². The normalized spacial score (nSPS) is 20.5.